The number of rotatable bonds is 11. The molecule has 0 radical (unpaired) electrons. The fourth-order valence-corrected chi connectivity index (χ4v) is 5.95. The Hall–Kier alpha value is -2.55. The van der Waals surface area contributed by atoms with Crippen LogP contribution < -0.4 is 0 Å². The maximum Gasteiger partial charge on any atom is 0.170 e. The Labute approximate surface area is 221 Å². The van der Waals surface area contributed by atoms with Gasteiger partial charge in [0.05, 0.1) is 5.39 Å². The zero-order valence-electron chi connectivity index (χ0n) is 22.5. The lowest BCUT2D eigenvalue weighted by atomic mass is 9.78. The van der Waals surface area contributed by atoms with Crippen LogP contribution in [0.4, 0.5) is 13.2 Å². The number of hydrogen-bond donors (Lipinski definition) is 0. The van der Waals surface area contributed by atoms with Gasteiger partial charge < -0.3 is 0 Å². The maximum atomic E-state index is 15.1. The van der Waals surface area contributed by atoms with Crippen LogP contribution in [0.1, 0.15) is 89.2 Å². The van der Waals surface area contributed by atoms with Crippen LogP contribution >= 0.6 is 0 Å². The highest BCUT2D eigenvalue weighted by atomic mass is 19.2. The quantitative estimate of drug-likeness (QED) is 0.179. The molecule has 0 unspecified atom stereocenters. The van der Waals surface area contributed by atoms with Crippen molar-refractivity contribution in [2.45, 2.75) is 90.9 Å². The number of unbranched alkanes of at least 4 members (excludes halogenated alkanes) is 2. The Morgan fingerprint density at radius 1 is 0.784 bits per heavy atom. The van der Waals surface area contributed by atoms with Crippen molar-refractivity contribution in [3.63, 3.8) is 0 Å². The lowest BCUT2D eigenvalue weighted by Gasteiger charge is -2.28. The molecule has 0 amide bonds. The van der Waals surface area contributed by atoms with Crippen LogP contribution in [0.25, 0.3) is 21.9 Å². The predicted octanol–water partition coefficient (Wildman–Crippen LogP) is 10.8. The molecule has 0 heterocycles. The average Bonchev–Trinajstić information content (AvgIpc) is 2.92. The van der Waals surface area contributed by atoms with Crippen molar-refractivity contribution in [1.82, 2.24) is 0 Å². The van der Waals surface area contributed by atoms with Crippen LogP contribution in [0, 0.1) is 29.3 Å². The molecule has 0 N–H and O–H groups in total. The molecule has 1 aliphatic rings. The number of aryl methyl sites for hydroxylation is 2. The molecule has 0 atom stereocenters. The van der Waals surface area contributed by atoms with Gasteiger partial charge in [0.1, 0.15) is 5.82 Å². The summed E-state index contributed by atoms with van der Waals surface area (Å²) in [5, 5.41) is 0.131. The fourth-order valence-electron chi connectivity index (χ4n) is 5.95. The lowest BCUT2D eigenvalue weighted by Crippen LogP contribution is -2.15. The summed E-state index contributed by atoms with van der Waals surface area (Å²) in [6.45, 7) is 4.17. The van der Waals surface area contributed by atoms with Crippen molar-refractivity contribution in [2.75, 3.05) is 0 Å². The molecular formula is C34H41F3. The van der Waals surface area contributed by atoms with E-state index in [0.29, 0.717) is 29.4 Å². The van der Waals surface area contributed by atoms with Crippen molar-refractivity contribution in [3.05, 3.63) is 83.2 Å². The largest absolute Gasteiger partial charge is 0.206 e. The van der Waals surface area contributed by atoms with E-state index >= 15 is 13.2 Å². The lowest BCUT2D eigenvalue weighted by molar-refractivity contribution is 0.249. The standard InChI is InChI=1S/C34H41F3/c1-3-5-7-9-24-11-13-25(14-12-24)15-16-26-17-19-27(20-18-26)30-23-29-22-21-28(10-8-6-4-2)32(35)31(29)34(37)33(30)36/h4,6,17-25H,3,5,7-16H2,1-2H3/b6-4+. The minimum atomic E-state index is -1.10. The summed E-state index contributed by atoms with van der Waals surface area (Å²) in [6.07, 6.45) is 18.0. The smallest absolute Gasteiger partial charge is 0.170 e. The Morgan fingerprint density at radius 2 is 1.49 bits per heavy atom. The van der Waals surface area contributed by atoms with Crippen molar-refractivity contribution < 1.29 is 13.2 Å². The van der Waals surface area contributed by atoms with Gasteiger partial charge in [-0.3, -0.25) is 0 Å². The van der Waals surface area contributed by atoms with E-state index in [4.69, 9.17) is 0 Å². The number of hydrogen-bond acceptors (Lipinski definition) is 0. The van der Waals surface area contributed by atoms with Gasteiger partial charge in [0.15, 0.2) is 11.6 Å². The summed E-state index contributed by atoms with van der Waals surface area (Å²) in [6, 6.07) is 12.7. The first-order chi connectivity index (χ1) is 18.0. The Kier molecular flexibility index (Phi) is 9.88. The molecule has 0 bridgehead atoms. The molecule has 0 nitrogen and oxygen atoms in total. The molecule has 0 aromatic heterocycles. The van der Waals surface area contributed by atoms with Gasteiger partial charge in [-0.05, 0) is 72.6 Å². The minimum absolute atomic E-state index is 0.180. The van der Waals surface area contributed by atoms with Crippen LogP contribution in [0.3, 0.4) is 0 Å². The van der Waals surface area contributed by atoms with E-state index in [1.807, 2.05) is 43.3 Å². The van der Waals surface area contributed by atoms with Crippen molar-refractivity contribution >= 4 is 10.8 Å². The molecule has 1 aliphatic carbocycles. The van der Waals surface area contributed by atoms with E-state index in [-0.39, 0.29) is 10.9 Å². The fraction of sp³-hybridized carbons (Fsp3) is 0.471. The summed E-state index contributed by atoms with van der Waals surface area (Å²) in [5.41, 5.74) is 2.43. The molecule has 3 heteroatoms. The van der Waals surface area contributed by atoms with Gasteiger partial charge >= 0.3 is 0 Å². The Bertz CT molecular complexity index is 1180. The molecular weight excluding hydrogens is 465 g/mol. The van der Waals surface area contributed by atoms with Gasteiger partial charge in [-0.2, -0.15) is 0 Å². The molecule has 1 saturated carbocycles. The second-order valence-electron chi connectivity index (χ2n) is 10.9. The van der Waals surface area contributed by atoms with E-state index in [1.165, 1.54) is 63.4 Å². The van der Waals surface area contributed by atoms with Crippen LogP contribution in [0.5, 0.6) is 0 Å². The maximum absolute atomic E-state index is 15.1. The van der Waals surface area contributed by atoms with E-state index in [1.54, 1.807) is 18.2 Å². The number of fused-ring (bicyclic) bond motifs is 1. The first-order valence-corrected chi connectivity index (χ1v) is 14.3. The summed E-state index contributed by atoms with van der Waals surface area (Å²) in [5.74, 6) is -1.02. The van der Waals surface area contributed by atoms with Crippen LogP contribution in [0.2, 0.25) is 0 Å². The minimum Gasteiger partial charge on any atom is -0.206 e. The molecule has 0 aliphatic heterocycles. The number of allylic oxidation sites excluding steroid dienone is 2. The van der Waals surface area contributed by atoms with Crippen molar-refractivity contribution in [3.8, 4) is 11.1 Å². The first-order valence-electron chi connectivity index (χ1n) is 14.3. The van der Waals surface area contributed by atoms with Gasteiger partial charge in [0.2, 0.25) is 0 Å². The van der Waals surface area contributed by atoms with Gasteiger partial charge in [0, 0.05) is 5.56 Å². The number of halogens is 3. The third-order valence-electron chi connectivity index (χ3n) is 8.31. The van der Waals surface area contributed by atoms with Gasteiger partial charge in [0.25, 0.3) is 0 Å². The number of benzene rings is 3. The third kappa shape index (κ3) is 6.86. The van der Waals surface area contributed by atoms with Crippen molar-refractivity contribution in [1.29, 1.82) is 0 Å². The zero-order chi connectivity index (χ0) is 26.2. The first kappa shape index (κ1) is 27.5. The average molecular weight is 507 g/mol. The molecule has 1 fully saturated rings. The van der Waals surface area contributed by atoms with E-state index in [9.17, 15) is 0 Å². The van der Waals surface area contributed by atoms with Gasteiger partial charge in [-0.15, -0.1) is 0 Å². The topological polar surface area (TPSA) is 0 Å². The molecule has 0 saturated heterocycles. The normalized spacial score (nSPS) is 18.2. The molecule has 0 spiro atoms. The summed E-state index contributed by atoms with van der Waals surface area (Å²) in [4.78, 5) is 0. The highest BCUT2D eigenvalue weighted by molar-refractivity contribution is 5.89. The van der Waals surface area contributed by atoms with Gasteiger partial charge in [-0.25, -0.2) is 13.2 Å². The Morgan fingerprint density at radius 3 is 2.16 bits per heavy atom. The predicted molar refractivity (Wildman–Crippen MR) is 150 cm³/mol. The summed E-state index contributed by atoms with van der Waals surface area (Å²) >= 11 is 0. The molecule has 3 aromatic carbocycles. The molecule has 37 heavy (non-hydrogen) atoms. The second kappa shape index (κ2) is 13.3. The Balaban J connectivity index is 1.40. The molecule has 4 rings (SSSR count). The highest BCUT2D eigenvalue weighted by Gasteiger charge is 2.21. The molecule has 198 valence electrons. The van der Waals surface area contributed by atoms with E-state index < -0.39 is 17.5 Å². The molecule has 3 aromatic rings. The third-order valence-corrected chi connectivity index (χ3v) is 8.31. The van der Waals surface area contributed by atoms with Crippen LogP contribution in [-0.2, 0) is 12.8 Å². The second-order valence-corrected chi connectivity index (χ2v) is 10.9. The zero-order valence-corrected chi connectivity index (χ0v) is 22.5. The van der Waals surface area contributed by atoms with Crippen molar-refractivity contribution in [2.24, 2.45) is 11.8 Å². The van der Waals surface area contributed by atoms with Gasteiger partial charge in [-0.1, -0.05) is 107 Å². The summed E-state index contributed by atoms with van der Waals surface area (Å²) in [7, 11) is 0. The summed E-state index contributed by atoms with van der Waals surface area (Å²) < 4.78 is 45.2. The van der Waals surface area contributed by atoms with Crippen LogP contribution in [0.15, 0.2) is 54.6 Å². The van der Waals surface area contributed by atoms with E-state index in [2.05, 4.69) is 6.92 Å². The van der Waals surface area contributed by atoms with E-state index in [0.717, 1.165) is 18.3 Å². The highest BCUT2D eigenvalue weighted by Crippen LogP contribution is 2.36. The monoisotopic (exact) mass is 506 g/mol. The van der Waals surface area contributed by atoms with Crippen LogP contribution in [-0.4, -0.2) is 0 Å². The SMILES string of the molecule is C/C=C/CCc1ccc2cc(-c3ccc(CCC4CCC(CCCCC)CC4)cc3)c(F)c(F)c2c1F.